The van der Waals surface area contributed by atoms with Gasteiger partial charge in [0.15, 0.2) is 0 Å². The second-order valence-electron chi connectivity index (χ2n) is 10.1. The standard InChI is InChI=1S/C32H27F3N4O3/c1-17-5-8-27-23(10-17)24(32(42)39-27)16-29(40)38-28(13-18-11-20(33)15-21(34)12-18)30-22(4-3-9-37-30)19-6-7-26(35)25(14-19)31(41)36-2/h3-12,14-15,24,28H,13,16H2,1-2H3,(H,36,41)(H,38,40)(H,39,42)/t24?,28-/m0/s1. The Balaban J connectivity index is 1.51. The number of benzene rings is 3. The Labute approximate surface area is 240 Å². The van der Waals surface area contributed by atoms with Crippen LogP contribution in [0, 0.1) is 24.4 Å². The van der Waals surface area contributed by atoms with E-state index in [2.05, 4.69) is 20.9 Å². The molecule has 42 heavy (non-hydrogen) atoms. The van der Waals surface area contributed by atoms with E-state index in [4.69, 9.17) is 0 Å². The molecule has 0 fully saturated rings. The molecule has 0 spiro atoms. The predicted molar refractivity (Wildman–Crippen MR) is 151 cm³/mol. The number of hydrogen-bond donors (Lipinski definition) is 3. The summed E-state index contributed by atoms with van der Waals surface area (Å²) in [5.41, 5.74) is 3.63. The average molecular weight is 573 g/mol. The minimum atomic E-state index is -0.898. The average Bonchev–Trinajstić information content (AvgIpc) is 3.25. The van der Waals surface area contributed by atoms with Crippen LogP contribution in [0.2, 0.25) is 0 Å². The zero-order chi connectivity index (χ0) is 30.0. The molecule has 0 aliphatic carbocycles. The number of hydrogen-bond acceptors (Lipinski definition) is 4. The molecule has 5 rings (SSSR count). The third-order valence-electron chi connectivity index (χ3n) is 7.16. The molecule has 0 bridgehead atoms. The van der Waals surface area contributed by atoms with E-state index in [0.717, 1.165) is 29.8 Å². The largest absolute Gasteiger partial charge is 0.355 e. The van der Waals surface area contributed by atoms with E-state index >= 15 is 0 Å². The van der Waals surface area contributed by atoms with Crippen molar-refractivity contribution in [1.82, 2.24) is 15.6 Å². The molecular weight excluding hydrogens is 545 g/mol. The van der Waals surface area contributed by atoms with Crippen molar-refractivity contribution in [2.24, 2.45) is 0 Å². The van der Waals surface area contributed by atoms with Crippen molar-refractivity contribution in [2.45, 2.75) is 31.7 Å². The molecular formula is C32H27F3N4O3. The molecule has 3 N–H and O–H groups in total. The minimum absolute atomic E-state index is 0.0412. The third kappa shape index (κ3) is 6.02. The first-order valence-electron chi connectivity index (χ1n) is 13.3. The van der Waals surface area contributed by atoms with Crippen LogP contribution >= 0.6 is 0 Å². The highest BCUT2D eigenvalue weighted by Crippen LogP contribution is 2.36. The topological polar surface area (TPSA) is 100 Å². The Hall–Kier alpha value is -4.99. The van der Waals surface area contributed by atoms with Gasteiger partial charge in [0.05, 0.1) is 23.2 Å². The maximum absolute atomic E-state index is 14.4. The number of pyridine rings is 1. The Morgan fingerprint density at radius 1 is 1.00 bits per heavy atom. The summed E-state index contributed by atoms with van der Waals surface area (Å²) in [5, 5.41) is 8.10. The summed E-state index contributed by atoms with van der Waals surface area (Å²) in [5.74, 6) is -4.39. The van der Waals surface area contributed by atoms with Crippen molar-refractivity contribution in [3.63, 3.8) is 0 Å². The van der Waals surface area contributed by atoms with Crippen LogP contribution in [0.3, 0.4) is 0 Å². The fourth-order valence-electron chi connectivity index (χ4n) is 5.21. The van der Waals surface area contributed by atoms with Gasteiger partial charge in [0.1, 0.15) is 17.5 Å². The van der Waals surface area contributed by atoms with Gasteiger partial charge in [-0.25, -0.2) is 13.2 Å². The van der Waals surface area contributed by atoms with Crippen molar-refractivity contribution < 1.29 is 27.6 Å². The Bertz CT molecular complexity index is 1690. The van der Waals surface area contributed by atoms with Gasteiger partial charge >= 0.3 is 0 Å². The van der Waals surface area contributed by atoms with Crippen LogP contribution in [0.25, 0.3) is 11.1 Å². The van der Waals surface area contributed by atoms with Crippen LogP contribution in [0.1, 0.15) is 51.1 Å². The first-order chi connectivity index (χ1) is 20.1. The molecule has 0 saturated heterocycles. The number of carbonyl (C=O) groups excluding carboxylic acids is 3. The van der Waals surface area contributed by atoms with Crippen LogP contribution < -0.4 is 16.0 Å². The molecule has 2 atom stereocenters. The molecule has 214 valence electrons. The molecule has 3 aromatic carbocycles. The number of fused-ring (bicyclic) bond motifs is 1. The van der Waals surface area contributed by atoms with E-state index in [1.165, 1.54) is 25.4 Å². The van der Waals surface area contributed by atoms with Gasteiger partial charge < -0.3 is 16.0 Å². The smallest absolute Gasteiger partial charge is 0.254 e. The molecule has 4 aromatic rings. The van der Waals surface area contributed by atoms with E-state index < -0.39 is 41.2 Å². The highest BCUT2D eigenvalue weighted by atomic mass is 19.1. The van der Waals surface area contributed by atoms with Crippen molar-refractivity contribution >= 4 is 23.4 Å². The summed E-state index contributed by atoms with van der Waals surface area (Å²) in [4.78, 5) is 42.9. The van der Waals surface area contributed by atoms with E-state index in [1.807, 2.05) is 19.1 Å². The second-order valence-corrected chi connectivity index (χ2v) is 10.1. The second kappa shape index (κ2) is 11.9. The summed E-state index contributed by atoms with van der Waals surface area (Å²) < 4.78 is 42.6. The number of anilines is 1. The van der Waals surface area contributed by atoms with E-state index in [9.17, 15) is 27.6 Å². The van der Waals surface area contributed by atoms with Gasteiger partial charge in [-0.2, -0.15) is 0 Å². The number of nitrogens with zero attached hydrogens (tertiary/aromatic N) is 1. The number of amides is 3. The molecule has 1 aromatic heterocycles. The number of aryl methyl sites for hydroxylation is 1. The highest BCUT2D eigenvalue weighted by molar-refractivity contribution is 6.05. The van der Waals surface area contributed by atoms with E-state index in [0.29, 0.717) is 28.1 Å². The summed E-state index contributed by atoms with van der Waals surface area (Å²) in [6, 6.07) is 15.0. The normalized spacial score (nSPS) is 14.6. The van der Waals surface area contributed by atoms with Gasteiger partial charge in [-0.05, 0) is 66.4 Å². The fraction of sp³-hybridized carbons (Fsp3) is 0.188. The van der Waals surface area contributed by atoms with E-state index in [1.54, 1.807) is 18.2 Å². The summed E-state index contributed by atoms with van der Waals surface area (Å²) in [6.45, 7) is 1.89. The summed E-state index contributed by atoms with van der Waals surface area (Å²) in [6.07, 6.45) is 1.28. The molecule has 7 nitrogen and oxygen atoms in total. The SMILES string of the molecule is CNC(=O)c1cc(-c2cccnc2[C@H](Cc2cc(F)cc(F)c2)NC(=O)CC2C(=O)Nc3ccc(C)cc32)ccc1F. The van der Waals surface area contributed by atoms with Gasteiger partial charge in [-0.1, -0.05) is 29.8 Å². The molecule has 10 heteroatoms. The third-order valence-corrected chi connectivity index (χ3v) is 7.16. The Morgan fingerprint density at radius 2 is 1.76 bits per heavy atom. The van der Waals surface area contributed by atoms with Crippen LogP contribution in [-0.4, -0.2) is 29.8 Å². The first kappa shape index (κ1) is 28.5. The highest BCUT2D eigenvalue weighted by Gasteiger charge is 2.33. The van der Waals surface area contributed by atoms with Crippen LogP contribution in [0.4, 0.5) is 18.9 Å². The molecule has 3 amide bonds. The molecule has 0 saturated carbocycles. The maximum atomic E-state index is 14.4. The number of nitrogens with one attached hydrogen (secondary N) is 3. The Kier molecular flexibility index (Phi) is 8.06. The Morgan fingerprint density at radius 3 is 2.50 bits per heavy atom. The van der Waals surface area contributed by atoms with Crippen molar-refractivity contribution in [1.29, 1.82) is 0 Å². The first-order valence-corrected chi connectivity index (χ1v) is 13.3. The molecule has 1 unspecified atom stereocenters. The molecule has 1 aliphatic rings. The van der Waals surface area contributed by atoms with E-state index in [-0.39, 0.29) is 29.9 Å². The van der Waals surface area contributed by atoms with Gasteiger partial charge in [0.25, 0.3) is 5.91 Å². The van der Waals surface area contributed by atoms with Gasteiger partial charge in [0.2, 0.25) is 11.8 Å². The van der Waals surface area contributed by atoms with Crippen molar-refractivity contribution in [3.05, 3.63) is 118 Å². The van der Waals surface area contributed by atoms with Gasteiger partial charge in [-0.3, -0.25) is 19.4 Å². The van der Waals surface area contributed by atoms with Crippen molar-refractivity contribution in [2.75, 3.05) is 12.4 Å². The lowest BCUT2D eigenvalue weighted by molar-refractivity contribution is -0.125. The molecule has 2 heterocycles. The van der Waals surface area contributed by atoms with Gasteiger partial charge in [0, 0.05) is 37.0 Å². The quantitative estimate of drug-likeness (QED) is 0.265. The van der Waals surface area contributed by atoms with Crippen molar-refractivity contribution in [3.8, 4) is 11.1 Å². The lowest BCUT2D eigenvalue weighted by atomic mass is 9.93. The summed E-state index contributed by atoms with van der Waals surface area (Å²) >= 11 is 0. The lowest BCUT2D eigenvalue weighted by Gasteiger charge is -2.22. The zero-order valence-electron chi connectivity index (χ0n) is 22.8. The number of rotatable bonds is 8. The van der Waals surface area contributed by atoms with Crippen LogP contribution in [0.5, 0.6) is 0 Å². The molecule has 0 radical (unpaired) electrons. The number of halogens is 3. The number of aromatic nitrogens is 1. The van der Waals surface area contributed by atoms with Crippen LogP contribution in [0.15, 0.2) is 72.9 Å². The fourth-order valence-corrected chi connectivity index (χ4v) is 5.21. The molecule has 1 aliphatic heterocycles. The predicted octanol–water partition coefficient (Wildman–Crippen LogP) is 5.36. The number of carbonyl (C=O) groups is 3. The zero-order valence-corrected chi connectivity index (χ0v) is 22.8. The van der Waals surface area contributed by atoms with Gasteiger partial charge in [-0.15, -0.1) is 0 Å². The summed E-state index contributed by atoms with van der Waals surface area (Å²) in [7, 11) is 1.39. The maximum Gasteiger partial charge on any atom is 0.254 e. The monoisotopic (exact) mass is 572 g/mol. The van der Waals surface area contributed by atoms with Crippen LogP contribution in [-0.2, 0) is 16.0 Å². The lowest BCUT2D eigenvalue weighted by Crippen LogP contribution is -2.33. The minimum Gasteiger partial charge on any atom is -0.355 e.